The fourth-order valence-electron chi connectivity index (χ4n) is 5.35. The maximum atomic E-state index is 15.2. The Labute approximate surface area is 297 Å². The summed E-state index contributed by atoms with van der Waals surface area (Å²) >= 11 is 6.36. The van der Waals surface area contributed by atoms with Gasteiger partial charge in [-0.15, -0.1) is 0 Å². The largest absolute Gasteiger partial charge is 0.495 e. The molecule has 0 aliphatic carbocycles. The first-order valence-electron chi connectivity index (χ1n) is 16.0. The van der Waals surface area contributed by atoms with E-state index < -0.39 is 40.2 Å². The van der Waals surface area contributed by atoms with E-state index in [1.807, 2.05) is 37.3 Å². The number of anilines is 1. The van der Waals surface area contributed by atoms with Crippen molar-refractivity contribution in [3.63, 3.8) is 0 Å². The van der Waals surface area contributed by atoms with E-state index in [0.717, 1.165) is 16.3 Å². The number of sulfonamides is 1. The Balaban J connectivity index is 1.88. The van der Waals surface area contributed by atoms with Gasteiger partial charge in [0.1, 0.15) is 24.2 Å². The number of carbonyl (C=O) groups excluding carboxylic acids is 2. The van der Waals surface area contributed by atoms with Crippen molar-refractivity contribution in [2.45, 2.75) is 43.7 Å². The number of methoxy groups -OCH3 is 3. The van der Waals surface area contributed by atoms with Crippen molar-refractivity contribution in [1.29, 1.82) is 0 Å². The van der Waals surface area contributed by atoms with Gasteiger partial charge in [0, 0.05) is 36.2 Å². The highest BCUT2D eigenvalue weighted by Crippen LogP contribution is 2.37. The van der Waals surface area contributed by atoms with Gasteiger partial charge in [0.2, 0.25) is 11.8 Å². The zero-order chi connectivity index (χ0) is 36.3. The lowest BCUT2D eigenvalue weighted by atomic mass is 10.0. The Morgan fingerprint density at radius 1 is 0.860 bits per heavy atom. The summed E-state index contributed by atoms with van der Waals surface area (Å²) in [5, 5.41) is 3.09. The van der Waals surface area contributed by atoms with Crippen molar-refractivity contribution in [1.82, 2.24) is 10.2 Å². The van der Waals surface area contributed by atoms with Crippen LogP contribution in [0.5, 0.6) is 17.2 Å². The molecule has 266 valence electrons. The van der Waals surface area contributed by atoms with Gasteiger partial charge in [0.15, 0.2) is 11.5 Å². The van der Waals surface area contributed by atoms with Crippen LogP contribution in [0.15, 0.2) is 95.9 Å². The summed E-state index contributed by atoms with van der Waals surface area (Å²) in [6.45, 7) is 1.23. The van der Waals surface area contributed by atoms with Crippen LogP contribution < -0.4 is 23.8 Å². The summed E-state index contributed by atoms with van der Waals surface area (Å²) < 4.78 is 61.3. The van der Waals surface area contributed by atoms with Crippen LogP contribution in [0.1, 0.15) is 30.9 Å². The third kappa shape index (κ3) is 9.25. The Morgan fingerprint density at radius 3 is 2.18 bits per heavy atom. The minimum absolute atomic E-state index is 0.0269. The molecule has 50 heavy (non-hydrogen) atoms. The van der Waals surface area contributed by atoms with Gasteiger partial charge in [0.25, 0.3) is 10.0 Å². The third-order valence-electron chi connectivity index (χ3n) is 8.03. The molecular formula is C37H41ClFN3O7S. The number of benzene rings is 4. The van der Waals surface area contributed by atoms with Crippen LogP contribution >= 0.6 is 11.6 Å². The van der Waals surface area contributed by atoms with E-state index in [-0.39, 0.29) is 45.6 Å². The number of hydrogen-bond acceptors (Lipinski definition) is 7. The lowest BCUT2D eigenvalue weighted by molar-refractivity contribution is -0.140. The molecule has 0 aliphatic rings. The van der Waals surface area contributed by atoms with Crippen LogP contribution in [0.2, 0.25) is 5.02 Å². The van der Waals surface area contributed by atoms with E-state index in [0.29, 0.717) is 18.7 Å². The van der Waals surface area contributed by atoms with Crippen LogP contribution in [-0.2, 0) is 32.6 Å². The quantitative estimate of drug-likeness (QED) is 0.128. The number of halogens is 2. The van der Waals surface area contributed by atoms with Crippen LogP contribution in [0.4, 0.5) is 10.1 Å². The van der Waals surface area contributed by atoms with Crippen molar-refractivity contribution >= 4 is 39.1 Å². The molecule has 4 aromatic carbocycles. The van der Waals surface area contributed by atoms with E-state index in [4.69, 9.17) is 25.8 Å². The molecule has 2 amide bonds. The Morgan fingerprint density at radius 2 is 1.52 bits per heavy atom. The Bertz CT molecular complexity index is 1880. The van der Waals surface area contributed by atoms with Gasteiger partial charge < -0.3 is 24.4 Å². The maximum absolute atomic E-state index is 15.2. The smallest absolute Gasteiger partial charge is 0.265 e. The molecule has 4 rings (SSSR count). The highest BCUT2D eigenvalue weighted by atomic mass is 35.5. The molecule has 0 bridgehead atoms. The molecule has 10 nitrogen and oxygen atoms in total. The molecule has 0 aliphatic heterocycles. The molecule has 0 heterocycles. The summed E-state index contributed by atoms with van der Waals surface area (Å²) in [6, 6.07) is 22.3. The van der Waals surface area contributed by atoms with Gasteiger partial charge in [-0.3, -0.25) is 13.9 Å². The second-order valence-corrected chi connectivity index (χ2v) is 13.6. The molecular weight excluding hydrogens is 685 g/mol. The van der Waals surface area contributed by atoms with Gasteiger partial charge in [-0.25, -0.2) is 12.8 Å². The monoisotopic (exact) mass is 725 g/mol. The van der Waals surface area contributed by atoms with E-state index in [2.05, 4.69) is 5.32 Å². The average Bonchev–Trinajstić information content (AvgIpc) is 3.12. The molecule has 0 aromatic heterocycles. The number of unbranched alkanes of at least 4 members (excludes halogenated alkanes) is 1. The number of rotatable bonds is 17. The van der Waals surface area contributed by atoms with Gasteiger partial charge in [0.05, 0.1) is 31.9 Å². The van der Waals surface area contributed by atoms with Gasteiger partial charge >= 0.3 is 0 Å². The van der Waals surface area contributed by atoms with Gasteiger partial charge in [-0.1, -0.05) is 73.5 Å². The van der Waals surface area contributed by atoms with Crippen molar-refractivity contribution < 1.29 is 36.6 Å². The first-order valence-corrected chi connectivity index (χ1v) is 17.8. The molecule has 0 fully saturated rings. The molecule has 0 saturated carbocycles. The van der Waals surface area contributed by atoms with E-state index in [1.54, 1.807) is 6.07 Å². The van der Waals surface area contributed by atoms with Crippen LogP contribution in [-0.4, -0.2) is 65.6 Å². The molecule has 0 spiro atoms. The predicted molar refractivity (Wildman–Crippen MR) is 191 cm³/mol. The number of ether oxygens (including phenoxy) is 3. The molecule has 1 N–H and O–H groups in total. The number of amides is 2. The first kappa shape index (κ1) is 38.0. The lowest BCUT2D eigenvalue weighted by Gasteiger charge is -2.34. The van der Waals surface area contributed by atoms with E-state index in [9.17, 15) is 18.0 Å². The molecule has 13 heteroatoms. The summed E-state index contributed by atoms with van der Waals surface area (Å²) in [4.78, 5) is 29.6. The molecule has 4 aromatic rings. The first-order chi connectivity index (χ1) is 24.0. The summed E-state index contributed by atoms with van der Waals surface area (Å²) in [6.07, 6.45) is 1.62. The van der Waals surface area contributed by atoms with Crippen LogP contribution in [0.3, 0.4) is 0 Å². The van der Waals surface area contributed by atoms with Crippen molar-refractivity contribution in [2.75, 3.05) is 38.7 Å². The standard InChI is InChI=1S/C37H41ClFN3O7S/c1-5-6-20-40-37(44)32(21-26-12-8-7-9-13-26)41(24-27-14-10-11-15-30(27)39)36(43)25-42(31-22-28(38)16-18-33(31)47-2)50(45,46)29-17-19-34(48-3)35(23-29)49-4/h7-19,22-23,32H,5-6,20-21,24-25H2,1-4H3,(H,40,44). The minimum atomic E-state index is -4.56. The third-order valence-corrected chi connectivity index (χ3v) is 10.0. The van der Waals surface area contributed by atoms with Crippen LogP contribution in [0.25, 0.3) is 0 Å². The van der Waals surface area contributed by atoms with Crippen LogP contribution in [0, 0.1) is 5.82 Å². The second kappa shape index (κ2) is 17.7. The predicted octanol–water partition coefficient (Wildman–Crippen LogP) is 6.26. The van der Waals surface area contributed by atoms with E-state index >= 15 is 4.39 Å². The Hall–Kier alpha value is -4.81. The lowest BCUT2D eigenvalue weighted by Crippen LogP contribution is -2.53. The summed E-state index contributed by atoms with van der Waals surface area (Å²) in [7, 11) is -0.410. The summed E-state index contributed by atoms with van der Waals surface area (Å²) in [5.74, 6) is -1.26. The molecule has 1 atom stereocenters. The highest BCUT2D eigenvalue weighted by Gasteiger charge is 2.36. The zero-order valence-corrected chi connectivity index (χ0v) is 30.0. The summed E-state index contributed by atoms with van der Waals surface area (Å²) in [5.41, 5.74) is 0.872. The van der Waals surface area contributed by atoms with Crippen molar-refractivity contribution in [2.24, 2.45) is 0 Å². The maximum Gasteiger partial charge on any atom is 0.265 e. The van der Waals surface area contributed by atoms with Crippen molar-refractivity contribution in [3.05, 3.63) is 113 Å². The van der Waals surface area contributed by atoms with Gasteiger partial charge in [-0.2, -0.15) is 0 Å². The molecule has 0 saturated heterocycles. The van der Waals surface area contributed by atoms with Gasteiger partial charge in [-0.05, 0) is 48.4 Å². The molecule has 1 unspecified atom stereocenters. The normalized spacial score (nSPS) is 11.7. The van der Waals surface area contributed by atoms with Crippen molar-refractivity contribution in [3.8, 4) is 17.2 Å². The number of carbonyl (C=O) groups is 2. The number of hydrogen-bond donors (Lipinski definition) is 1. The number of nitrogens with one attached hydrogen (secondary N) is 1. The topological polar surface area (TPSA) is 114 Å². The highest BCUT2D eigenvalue weighted by molar-refractivity contribution is 7.92. The average molecular weight is 726 g/mol. The molecule has 0 radical (unpaired) electrons. The van der Waals surface area contributed by atoms with E-state index in [1.165, 1.54) is 80.8 Å². The fourth-order valence-corrected chi connectivity index (χ4v) is 6.94. The SMILES string of the molecule is CCCCNC(=O)C(Cc1ccccc1)N(Cc1ccccc1F)C(=O)CN(c1cc(Cl)ccc1OC)S(=O)(=O)c1ccc(OC)c(OC)c1. The zero-order valence-electron chi connectivity index (χ0n) is 28.4. The Kier molecular flexibility index (Phi) is 13.5. The number of nitrogens with zero attached hydrogens (tertiary/aromatic N) is 2. The second-order valence-electron chi connectivity index (χ2n) is 11.3. The fraction of sp³-hybridized carbons (Fsp3) is 0.297. The minimum Gasteiger partial charge on any atom is -0.495 e.